The van der Waals surface area contributed by atoms with Gasteiger partial charge < -0.3 is 5.73 Å². The van der Waals surface area contributed by atoms with Gasteiger partial charge in [-0.1, -0.05) is 12.1 Å². The van der Waals surface area contributed by atoms with Crippen LogP contribution in [-0.2, 0) is 17.6 Å². The van der Waals surface area contributed by atoms with Crippen LogP contribution in [-0.4, -0.2) is 32.2 Å². The highest BCUT2D eigenvalue weighted by Gasteiger charge is 2.21. The lowest BCUT2D eigenvalue weighted by molar-refractivity contribution is -0.114. The maximum absolute atomic E-state index is 11.9. The molecule has 2 aromatic heterocycles. The Balaban J connectivity index is 1.64. The molecule has 0 aliphatic heterocycles. The number of aromatic amines is 1. The summed E-state index contributed by atoms with van der Waals surface area (Å²) in [5.41, 5.74) is 8.34. The number of benzene rings is 1. The van der Waals surface area contributed by atoms with Crippen LogP contribution in [0.4, 0.5) is 5.69 Å². The minimum Gasteiger partial charge on any atom is -0.399 e. The number of nitrogens with zero attached hydrogens (tertiary/aromatic N) is 3. The van der Waals surface area contributed by atoms with E-state index in [0.29, 0.717) is 0 Å². The Labute approximate surface area is 135 Å². The Morgan fingerprint density at radius 2 is 1.96 bits per heavy atom. The summed E-state index contributed by atoms with van der Waals surface area (Å²) in [5.74, 6) is -1.49. The van der Waals surface area contributed by atoms with Crippen LogP contribution < -0.4 is 5.73 Å². The zero-order valence-electron chi connectivity index (χ0n) is 12.0. The van der Waals surface area contributed by atoms with E-state index >= 15 is 0 Å². The van der Waals surface area contributed by atoms with Crippen LogP contribution in [0.25, 0.3) is 0 Å². The first-order valence-electron chi connectivity index (χ1n) is 6.83. The molecule has 116 valence electrons. The van der Waals surface area contributed by atoms with Crippen molar-refractivity contribution < 1.29 is 9.59 Å². The van der Waals surface area contributed by atoms with Gasteiger partial charge in [-0.05, 0) is 39.9 Å². The second-order valence-electron chi connectivity index (χ2n) is 5.00. The molecule has 0 saturated heterocycles. The Bertz CT molecular complexity index is 824. The fourth-order valence-electron chi connectivity index (χ4n) is 2.10. The zero-order chi connectivity index (χ0) is 16.2. The molecular formula is C15H13N5O2S. The number of aromatic nitrogens is 4. The number of tetrazole rings is 1. The molecule has 0 radical (unpaired) electrons. The van der Waals surface area contributed by atoms with Crippen molar-refractivity contribution in [3.8, 4) is 0 Å². The van der Waals surface area contributed by atoms with Gasteiger partial charge in [0.15, 0.2) is 0 Å². The van der Waals surface area contributed by atoms with Crippen LogP contribution in [0.15, 0.2) is 35.7 Å². The van der Waals surface area contributed by atoms with Gasteiger partial charge in [0.25, 0.3) is 5.78 Å². The van der Waals surface area contributed by atoms with E-state index in [2.05, 4.69) is 20.6 Å². The van der Waals surface area contributed by atoms with Crippen molar-refractivity contribution in [1.29, 1.82) is 0 Å². The van der Waals surface area contributed by atoms with Gasteiger partial charge in [-0.2, -0.15) is 5.21 Å². The maximum Gasteiger partial charge on any atom is 0.269 e. The van der Waals surface area contributed by atoms with E-state index in [4.69, 9.17) is 5.73 Å². The molecule has 0 amide bonds. The van der Waals surface area contributed by atoms with E-state index in [1.807, 2.05) is 35.7 Å². The van der Waals surface area contributed by atoms with Gasteiger partial charge in [0.2, 0.25) is 11.6 Å². The number of thiophene rings is 1. The number of hydrogen-bond donors (Lipinski definition) is 2. The summed E-state index contributed by atoms with van der Waals surface area (Å²) in [5, 5.41) is 14.4. The van der Waals surface area contributed by atoms with E-state index in [-0.39, 0.29) is 12.2 Å². The third-order valence-electron chi connectivity index (χ3n) is 3.23. The molecule has 0 aliphatic carbocycles. The van der Waals surface area contributed by atoms with Gasteiger partial charge in [0.05, 0.1) is 0 Å². The van der Waals surface area contributed by atoms with Crippen molar-refractivity contribution in [3.63, 3.8) is 0 Å². The third-order valence-corrected chi connectivity index (χ3v) is 4.22. The van der Waals surface area contributed by atoms with Crippen molar-refractivity contribution in [2.75, 3.05) is 5.73 Å². The van der Waals surface area contributed by atoms with Crippen LogP contribution in [0.1, 0.15) is 26.6 Å². The SMILES string of the molecule is Nc1ccc(Cc2cc(CC(=O)C(=O)c3nn[nH]n3)cs2)cc1. The first-order valence-corrected chi connectivity index (χ1v) is 7.71. The van der Waals surface area contributed by atoms with Crippen molar-refractivity contribution in [1.82, 2.24) is 20.6 Å². The van der Waals surface area contributed by atoms with Gasteiger partial charge in [0, 0.05) is 23.4 Å². The number of nitrogens with one attached hydrogen (secondary N) is 1. The number of carbonyl (C=O) groups excluding carboxylic acids is 2. The predicted octanol–water partition coefficient (Wildman–Crippen LogP) is 1.43. The molecule has 0 fully saturated rings. The maximum atomic E-state index is 11.9. The Hall–Kier alpha value is -2.87. The fraction of sp³-hybridized carbons (Fsp3) is 0.133. The van der Waals surface area contributed by atoms with Gasteiger partial charge in [-0.25, -0.2) is 0 Å². The number of hydrogen-bond acceptors (Lipinski definition) is 7. The van der Waals surface area contributed by atoms with Crippen LogP contribution in [0.3, 0.4) is 0 Å². The van der Waals surface area contributed by atoms with Crippen LogP contribution >= 0.6 is 11.3 Å². The third kappa shape index (κ3) is 3.67. The molecule has 7 nitrogen and oxygen atoms in total. The molecule has 0 spiro atoms. The number of rotatable bonds is 6. The van der Waals surface area contributed by atoms with Crippen LogP contribution in [0.2, 0.25) is 0 Å². The molecule has 0 aliphatic rings. The second-order valence-corrected chi connectivity index (χ2v) is 6.00. The lowest BCUT2D eigenvalue weighted by Crippen LogP contribution is -2.17. The summed E-state index contributed by atoms with van der Waals surface area (Å²) in [4.78, 5) is 24.8. The summed E-state index contributed by atoms with van der Waals surface area (Å²) in [7, 11) is 0. The number of nitrogens with two attached hydrogens (primary N) is 1. The van der Waals surface area contributed by atoms with E-state index in [9.17, 15) is 9.59 Å². The molecule has 23 heavy (non-hydrogen) atoms. The van der Waals surface area contributed by atoms with Crippen LogP contribution in [0.5, 0.6) is 0 Å². The molecule has 0 bridgehead atoms. The molecule has 3 N–H and O–H groups in total. The summed E-state index contributed by atoms with van der Waals surface area (Å²) in [6, 6.07) is 9.59. The quantitative estimate of drug-likeness (QED) is 0.402. The summed E-state index contributed by atoms with van der Waals surface area (Å²) < 4.78 is 0. The van der Waals surface area contributed by atoms with Gasteiger partial charge in [-0.3, -0.25) is 9.59 Å². The Morgan fingerprint density at radius 1 is 1.17 bits per heavy atom. The first-order chi connectivity index (χ1) is 11.1. The standard InChI is InChI=1S/C15H13N5O2S/c16-11-3-1-9(2-4-11)5-12-6-10(8-23-12)7-13(21)14(22)15-17-19-20-18-15/h1-4,6,8H,5,7,16H2,(H,17,18,19,20). The molecule has 0 atom stereocenters. The highest BCUT2D eigenvalue weighted by molar-refractivity contribution is 7.10. The minimum atomic E-state index is -0.731. The lowest BCUT2D eigenvalue weighted by atomic mass is 10.1. The average Bonchev–Trinajstić information content (AvgIpc) is 3.21. The molecular weight excluding hydrogens is 314 g/mol. The molecule has 2 heterocycles. The van der Waals surface area contributed by atoms with Crippen molar-refractivity contribution in [2.45, 2.75) is 12.8 Å². The number of nitrogen functional groups attached to an aromatic ring is 1. The van der Waals surface area contributed by atoms with E-state index in [0.717, 1.165) is 28.1 Å². The molecule has 8 heteroatoms. The lowest BCUT2D eigenvalue weighted by Gasteiger charge is -1.99. The summed E-state index contributed by atoms with van der Waals surface area (Å²) in [6.45, 7) is 0. The monoisotopic (exact) mass is 327 g/mol. The number of ketones is 2. The van der Waals surface area contributed by atoms with E-state index in [1.165, 1.54) is 0 Å². The van der Waals surface area contributed by atoms with Gasteiger partial charge in [-0.15, -0.1) is 21.5 Å². The number of H-pyrrole nitrogens is 1. The average molecular weight is 327 g/mol. The van der Waals surface area contributed by atoms with Crippen molar-refractivity contribution in [3.05, 3.63) is 57.5 Å². The highest BCUT2D eigenvalue weighted by Crippen LogP contribution is 2.20. The largest absolute Gasteiger partial charge is 0.399 e. The molecule has 3 rings (SSSR count). The molecule has 0 saturated carbocycles. The number of Topliss-reactive ketones (excluding diaryl/α,β-unsaturated/α-hetero) is 2. The van der Waals surface area contributed by atoms with Crippen molar-refractivity contribution >= 4 is 28.6 Å². The van der Waals surface area contributed by atoms with E-state index < -0.39 is 11.6 Å². The predicted molar refractivity (Wildman–Crippen MR) is 85.2 cm³/mol. The topological polar surface area (TPSA) is 115 Å². The summed E-state index contributed by atoms with van der Waals surface area (Å²) >= 11 is 1.56. The normalized spacial score (nSPS) is 10.6. The second kappa shape index (κ2) is 6.49. The number of anilines is 1. The molecule has 1 aromatic carbocycles. The van der Waals surface area contributed by atoms with Gasteiger partial charge in [0.1, 0.15) is 0 Å². The van der Waals surface area contributed by atoms with E-state index in [1.54, 1.807) is 11.3 Å². The first kappa shape index (κ1) is 15.0. The fourth-order valence-corrected chi connectivity index (χ4v) is 3.02. The minimum absolute atomic E-state index is 0.0333. The van der Waals surface area contributed by atoms with Gasteiger partial charge >= 0.3 is 0 Å². The molecule has 3 aromatic rings. The number of carbonyl (C=O) groups is 2. The Kier molecular flexibility index (Phi) is 4.24. The summed E-state index contributed by atoms with van der Waals surface area (Å²) in [6.07, 6.45) is 0.795. The smallest absolute Gasteiger partial charge is 0.269 e. The van der Waals surface area contributed by atoms with Crippen LogP contribution in [0, 0.1) is 0 Å². The molecule has 0 unspecified atom stereocenters. The highest BCUT2D eigenvalue weighted by atomic mass is 32.1. The Morgan fingerprint density at radius 3 is 2.65 bits per heavy atom. The zero-order valence-corrected chi connectivity index (χ0v) is 12.8. The van der Waals surface area contributed by atoms with Crippen molar-refractivity contribution in [2.24, 2.45) is 0 Å².